The van der Waals surface area contributed by atoms with E-state index in [1.54, 1.807) is 9.80 Å². The van der Waals surface area contributed by atoms with E-state index in [4.69, 9.17) is 17.3 Å². The Balaban J connectivity index is 1.07. The van der Waals surface area contributed by atoms with Crippen molar-refractivity contribution in [1.82, 2.24) is 29.1 Å². The van der Waals surface area contributed by atoms with Gasteiger partial charge in [0.2, 0.25) is 5.91 Å². The Morgan fingerprint density at radius 2 is 1.74 bits per heavy atom. The lowest BCUT2D eigenvalue weighted by Crippen LogP contribution is -2.60. The van der Waals surface area contributed by atoms with Crippen LogP contribution in [0, 0.1) is 11.7 Å². The lowest BCUT2D eigenvalue weighted by molar-refractivity contribution is -0.928. The predicted octanol–water partition coefficient (Wildman–Crippen LogP) is 2.56. The molecule has 2 aliphatic rings. The van der Waals surface area contributed by atoms with Crippen molar-refractivity contribution < 1.29 is 51.4 Å². The fraction of sp³-hybridized carbons (Fsp3) is 0.405. The molecule has 6 rings (SSSR count). The van der Waals surface area contributed by atoms with Crippen molar-refractivity contribution in [2.75, 3.05) is 70.0 Å². The van der Waals surface area contributed by atoms with Gasteiger partial charge < -0.3 is 44.9 Å². The number of likely N-dealkylation sites (tertiary alicyclic amines) is 1. The standard InChI is InChI=1S/C37H40ClF4N9O6/c1-47-30(26-20-50(46-32(26)37(40,41)42)29-6-3-23(43)17-28(29)39)19-44-33(47)34(55)45-24-4-5-25(27(38)18-24)36(57)49-11-9-48(10-12-49)35(56)22-7-14-51(15-8-22,13-2-16-52)21-31(53)54/h3-6,17-20,22,52H,2,7-16,21,43H2,1H3,(H-,45,53,54,55,57). The number of aromatic nitrogens is 4. The molecule has 0 bridgehead atoms. The summed E-state index contributed by atoms with van der Waals surface area (Å²) in [4.78, 5) is 58.8. The van der Waals surface area contributed by atoms with E-state index in [9.17, 15) is 47.0 Å². The van der Waals surface area contributed by atoms with Crippen LogP contribution in [0.4, 0.5) is 28.9 Å². The van der Waals surface area contributed by atoms with Gasteiger partial charge in [0.1, 0.15) is 12.2 Å². The Bertz CT molecular complexity index is 2180. The van der Waals surface area contributed by atoms with Crippen molar-refractivity contribution in [3.8, 4) is 16.9 Å². The fourth-order valence-corrected chi connectivity index (χ4v) is 7.75. The summed E-state index contributed by atoms with van der Waals surface area (Å²) in [5.74, 6) is -3.81. The Labute approximate surface area is 328 Å². The highest BCUT2D eigenvalue weighted by molar-refractivity contribution is 6.34. The molecule has 57 heavy (non-hydrogen) atoms. The number of anilines is 2. The first-order valence-corrected chi connectivity index (χ1v) is 18.5. The summed E-state index contributed by atoms with van der Waals surface area (Å²) in [5, 5.41) is 26.8. The number of nitrogens with two attached hydrogens (primary N) is 1. The van der Waals surface area contributed by atoms with Gasteiger partial charge in [0, 0.05) is 82.6 Å². The lowest BCUT2D eigenvalue weighted by atomic mass is 9.92. The van der Waals surface area contributed by atoms with Crippen LogP contribution in [0.5, 0.6) is 0 Å². The van der Waals surface area contributed by atoms with Gasteiger partial charge in [0.25, 0.3) is 11.8 Å². The number of piperidine rings is 1. The molecule has 0 radical (unpaired) electrons. The fourth-order valence-electron chi connectivity index (χ4n) is 7.49. The van der Waals surface area contributed by atoms with Crippen LogP contribution < -0.4 is 16.2 Å². The number of amides is 3. The minimum atomic E-state index is -4.94. The summed E-state index contributed by atoms with van der Waals surface area (Å²) in [6, 6.07) is 7.68. The van der Waals surface area contributed by atoms with Gasteiger partial charge in [-0.2, -0.15) is 18.3 Å². The van der Waals surface area contributed by atoms with Crippen molar-refractivity contribution in [2.24, 2.45) is 13.0 Å². The molecule has 2 saturated heterocycles. The highest BCUT2D eigenvalue weighted by Crippen LogP contribution is 2.37. The van der Waals surface area contributed by atoms with Gasteiger partial charge in [-0.25, -0.2) is 14.1 Å². The number of benzene rings is 2. The molecule has 304 valence electrons. The van der Waals surface area contributed by atoms with Crippen LogP contribution in [0.15, 0.2) is 48.8 Å². The van der Waals surface area contributed by atoms with E-state index in [2.05, 4.69) is 15.4 Å². The third kappa shape index (κ3) is 8.89. The summed E-state index contributed by atoms with van der Waals surface area (Å²) >= 11 is 6.50. The maximum absolute atomic E-state index is 14.6. The molecule has 0 spiro atoms. The van der Waals surface area contributed by atoms with Gasteiger partial charge in [-0.05, 0) is 36.4 Å². The largest absolute Gasteiger partial charge is 0.544 e. The molecular weight excluding hydrogens is 778 g/mol. The number of aliphatic hydroxyl groups is 1. The van der Waals surface area contributed by atoms with Crippen molar-refractivity contribution in [3.63, 3.8) is 0 Å². The summed E-state index contributed by atoms with van der Waals surface area (Å²) in [7, 11) is 1.33. The first kappa shape index (κ1) is 41.1. The van der Waals surface area contributed by atoms with E-state index in [1.807, 2.05) is 0 Å². The number of hydrogen-bond acceptors (Lipinski definition) is 9. The molecule has 4 N–H and O–H groups in total. The van der Waals surface area contributed by atoms with Gasteiger partial charge in [-0.3, -0.25) is 14.4 Å². The second-order valence-corrected chi connectivity index (χ2v) is 14.6. The Morgan fingerprint density at radius 1 is 1.05 bits per heavy atom. The highest BCUT2D eigenvalue weighted by Gasteiger charge is 2.40. The summed E-state index contributed by atoms with van der Waals surface area (Å²) < 4.78 is 59.0. The maximum Gasteiger partial charge on any atom is 0.435 e. The molecule has 15 nitrogen and oxygen atoms in total. The Morgan fingerprint density at radius 3 is 2.35 bits per heavy atom. The number of carbonyl (C=O) groups is 4. The number of piperazine rings is 1. The van der Waals surface area contributed by atoms with E-state index in [0.29, 0.717) is 52.0 Å². The van der Waals surface area contributed by atoms with Gasteiger partial charge in [0.15, 0.2) is 17.3 Å². The second kappa shape index (κ2) is 16.5. The number of hydrogen-bond donors (Lipinski definition) is 3. The van der Waals surface area contributed by atoms with E-state index in [0.717, 1.165) is 27.7 Å². The van der Waals surface area contributed by atoms with Gasteiger partial charge in [0.05, 0.1) is 53.6 Å². The van der Waals surface area contributed by atoms with Crippen LogP contribution in [0.1, 0.15) is 45.9 Å². The van der Waals surface area contributed by atoms with Crippen LogP contribution in [-0.2, 0) is 22.8 Å². The topological polar surface area (TPSA) is 192 Å². The van der Waals surface area contributed by atoms with Gasteiger partial charge >= 0.3 is 6.18 Å². The zero-order chi connectivity index (χ0) is 41.2. The summed E-state index contributed by atoms with van der Waals surface area (Å²) in [6.07, 6.45) is -1.42. The van der Waals surface area contributed by atoms with E-state index < -0.39 is 35.1 Å². The minimum absolute atomic E-state index is 0.0236. The maximum atomic E-state index is 14.6. The van der Waals surface area contributed by atoms with Crippen LogP contribution in [0.3, 0.4) is 0 Å². The van der Waals surface area contributed by atoms with E-state index in [1.165, 1.54) is 37.4 Å². The number of nitrogen functional groups attached to an aromatic ring is 1. The predicted molar refractivity (Wildman–Crippen MR) is 196 cm³/mol. The number of quaternary nitrogens is 1. The van der Waals surface area contributed by atoms with Crippen LogP contribution in [0.25, 0.3) is 16.9 Å². The summed E-state index contributed by atoms with van der Waals surface area (Å²) in [5.41, 5.74) is 3.79. The average molecular weight is 818 g/mol. The number of carboxylic acids is 1. The number of nitrogens with zero attached hydrogens (tertiary/aromatic N) is 7. The molecule has 0 unspecified atom stereocenters. The number of alkyl halides is 3. The number of carbonyl (C=O) groups excluding carboxylic acids is 4. The number of imidazole rings is 1. The molecule has 20 heteroatoms. The molecule has 2 aromatic carbocycles. The molecule has 2 aliphatic heterocycles. The summed E-state index contributed by atoms with van der Waals surface area (Å²) in [6.45, 7) is 2.35. The first-order valence-electron chi connectivity index (χ1n) is 18.1. The quantitative estimate of drug-likeness (QED) is 0.116. The van der Waals surface area contributed by atoms with Gasteiger partial charge in [-0.1, -0.05) is 11.6 Å². The van der Waals surface area contributed by atoms with E-state index >= 15 is 0 Å². The molecule has 0 atom stereocenters. The normalized spacial score (nSPS) is 18.8. The van der Waals surface area contributed by atoms with E-state index in [-0.39, 0.29) is 87.6 Å². The molecule has 2 aromatic heterocycles. The first-order chi connectivity index (χ1) is 27.0. The number of aliphatic carboxylic acids is 1. The van der Waals surface area contributed by atoms with Crippen LogP contribution >= 0.6 is 11.6 Å². The Hall–Kier alpha value is -5.53. The monoisotopic (exact) mass is 817 g/mol. The van der Waals surface area contributed by atoms with Crippen LogP contribution in [0.2, 0.25) is 5.02 Å². The Kier molecular flexibility index (Phi) is 11.9. The number of carboxylic acid groups (broad SMARTS) is 1. The number of halogens is 5. The molecule has 4 aromatic rings. The van der Waals surface area contributed by atoms with Crippen molar-refractivity contribution in [1.29, 1.82) is 0 Å². The van der Waals surface area contributed by atoms with Crippen molar-refractivity contribution in [2.45, 2.75) is 25.4 Å². The minimum Gasteiger partial charge on any atom is -0.544 e. The zero-order valence-electron chi connectivity index (χ0n) is 30.8. The third-order valence-corrected chi connectivity index (χ3v) is 10.8. The molecule has 0 aliphatic carbocycles. The van der Waals surface area contributed by atoms with Crippen molar-refractivity contribution >= 4 is 46.7 Å². The number of rotatable bonds is 11. The molecule has 0 saturated carbocycles. The number of nitrogens with one attached hydrogen (secondary N) is 1. The third-order valence-electron chi connectivity index (χ3n) is 10.5. The molecule has 2 fully saturated rings. The lowest BCUT2D eigenvalue weighted by Gasteiger charge is -2.45. The second-order valence-electron chi connectivity index (χ2n) is 14.2. The number of aliphatic hydroxyl groups excluding tert-OH is 1. The van der Waals surface area contributed by atoms with Gasteiger partial charge in [-0.15, -0.1) is 0 Å². The molecular formula is C37H40ClF4N9O6. The SMILES string of the molecule is Cn1c(-c2cn(-c3ccc(N)cc3F)nc2C(F)(F)F)cnc1C(=O)Nc1ccc(C(=O)N2CCN(C(=O)C3CC[N+](CCCO)(CC(=O)[O-])CC3)CC2)c(Cl)c1. The highest BCUT2D eigenvalue weighted by atomic mass is 35.5. The molecule has 3 amide bonds. The molecule has 4 heterocycles. The van der Waals surface area contributed by atoms with Crippen molar-refractivity contribution in [3.05, 3.63) is 76.7 Å². The smallest absolute Gasteiger partial charge is 0.435 e. The average Bonchev–Trinajstić information content (AvgIpc) is 3.78. The zero-order valence-corrected chi connectivity index (χ0v) is 31.5. The van der Waals surface area contributed by atoms with Crippen LogP contribution in [-0.4, -0.2) is 121 Å².